The molecule has 1 aliphatic carbocycles. The van der Waals surface area contributed by atoms with Gasteiger partial charge in [-0.1, -0.05) is 115 Å². The lowest BCUT2D eigenvalue weighted by Crippen LogP contribution is -2.26. The molecule has 1 aliphatic heterocycles. The number of ketones is 2. The minimum atomic E-state index is -0.387. The van der Waals surface area contributed by atoms with Gasteiger partial charge >= 0.3 is 0 Å². The monoisotopic (exact) mass is 730 g/mol. The fourth-order valence-corrected chi connectivity index (χ4v) is 7.48. The maximum Gasteiger partial charge on any atom is 0.199 e. The number of para-hydroxylation sites is 2. The predicted molar refractivity (Wildman–Crippen MR) is 210 cm³/mol. The summed E-state index contributed by atoms with van der Waals surface area (Å²) in [6.07, 6.45) is 6.18. The Bertz CT molecular complexity index is 2150. The number of aromatic nitrogens is 4. The van der Waals surface area contributed by atoms with Crippen molar-refractivity contribution in [3.8, 4) is 0 Å². The Morgan fingerprint density at radius 2 is 0.942 bits per heavy atom. The number of benzene rings is 3. The van der Waals surface area contributed by atoms with Crippen LogP contribution >= 0.6 is 23.2 Å². The zero-order valence-electron chi connectivity index (χ0n) is 30.5. The van der Waals surface area contributed by atoms with Crippen molar-refractivity contribution >= 4 is 68.8 Å². The van der Waals surface area contributed by atoms with Crippen LogP contribution in [0.3, 0.4) is 0 Å². The van der Waals surface area contributed by atoms with E-state index in [9.17, 15) is 9.59 Å². The summed E-state index contributed by atoms with van der Waals surface area (Å²) in [7, 11) is 0. The van der Waals surface area contributed by atoms with E-state index in [1.54, 1.807) is 18.2 Å². The lowest BCUT2D eigenvalue weighted by molar-refractivity contribution is 0.0988. The van der Waals surface area contributed by atoms with Crippen LogP contribution in [0.5, 0.6) is 0 Å². The molecule has 0 N–H and O–H groups in total. The van der Waals surface area contributed by atoms with Gasteiger partial charge in [0.05, 0.1) is 61.5 Å². The van der Waals surface area contributed by atoms with E-state index in [0.29, 0.717) is 38.5 Å². The van der Waals surface area contributed by atoms with Gasteiger partial charge in [-0.25, -0.2) is 9.97 Å². The maximum atomic E-state index is 13.7. The molecule has 52 heavy (non-hydrogen) atoms. The molecule has 8 nitrogen and oxygen atoms in total. The van der Waals surface area contributed by atoms with Crippen molar-refractivity contribution in [1.29, 1.82) is 0 Å². The maximum absolute atomic E-state index is 13.7. The van der Waals surface area contributed by atoms with Gasteiger partial charge in [0.15, 0.2) is 23.2 Å². The number of anilines is 4. The molecular formula is C42H40Cl2N6O2. The molecule has 10 heteroatoms. The zero-order valence-corrected chi connectivity index (χ0v) is 32.0. The molecule has 264 valence electrons. The number of hydrogen-bond acceptors (Lipinski definition) is 8. The quantitative estimate of drug-likeness (QED) is 0.121. The third-order valence-electron chi connectivity index (χ3n) is 9.79. The van der Waals surface area contributed by atoms with Crippen LogP contribution in [0, 0.1) is 0 Å². The molecule has 3 aromatic carbocycles. The smallest absolute Gasteiger partial charge is 0.199 e. The fraction of sp³-hybridized carbons (Fsp3) is 0.286. The van der Waals surface area contributed by atoms with E-state index in [4.69, 9.17) is 33.2 Å². The van der Waals surface area contributed by atoms with Crippen molar-refractivity contribution in [3.63, 3.8) is 0 Å². The minimum Gasteiger partial charge on any atom is -0.288 e. The first kappa shape index (κ1) is 35.5. The van der Waals surface area contributed by atoms with Crippen LogP contribution in [0.25, 0.3) is 11.0 Å². The van der Waals surface area contributed by atoms with E-state index in [-0.39, 0.29) is 51.9 Å². The van der Waals surface area contributed by atoms with E-state index in [2.05, 4.69) is 112 Å². The second-order valence-corrected chi connectivity index (χ2v) is 15.4. The third-order valence-corrected chi connectivity index (χ3v) is 10.5. The lowest BCUT2D eigenvalue weighted by atomic mass is 9.91. The topological polar surface area (TPSA) is 92.2 Å². The molecule has 0 unspecified atom stereocenters. The summed E-state index contributed by atoms with van der Waals surface area (Å²) in [6.45, 7) is 17.4. The normalized spacial score (nSPS) is 14.2. The average molecular weight is 732 g/mol. The molecule has 0 bridgehead atoms. The fourth-order valence-electron chi connectivity index (χ4n) is 7.17. The van der Waals surface area contributed by atoms with Crippen LogP contribution in [0.1, 0.15) is 122 Å². The highest BCUT2D eigenvalue weighted by atomic mass is 35.5. The van der Waals surface area contributed by atoms with Gasteiger partial charge in [0.25, 0.3) is 0 Å². The van der Waals surface area contributed by atoms with Crippen molar-refractivity contribution in [2.24, 2.45) is 0 Å². The zero-order chi connectivity index (χ0) is 37.2. The van der Waals surface area contributed by atoms with E-state index in [1.807, 2.05) is 6.08 Å². The Labute approximate surface area is 314 Å². The molecular weight excluding hydrogens is 691 g/mol. The van der Waals surface area contributed by atoms with Gasteiger partial charge in [-0.05, 0) is 70.2 Å². The average Bonchev–Trinajstić information content (AvgIpc) is 3.54. The lowest BCUT2D eigenvalue weighted by Gasteiger charge is -2.32. The van der Waals surface area contributed by atoms with Crippen molar-refractivity contribution in [2.75, 3.05) is 9.80 Å². The number of fused-ring (bicyclic) bond motifs is 3. The summed E-state index contributed by atoms with van der Waals surface area (Å²) in [5.74, 6) is 1.68. The number of Topliss-reactive ketones (excluding diaryl/α,β-unsaturated/α-hetero) is 2. The van der Waals surface area contributed by atoms with Crippen molar-refractivity contribution in [1.82, 2.24) is 20.2 Å². The molecule has 7 rings (SSSR count). The van der Waals surface area contributed by atoms with Crippen LogP contribution in [-0.4, -0.2) is 31.7 Å². The molecule has 0 fully saturated rings. The molecule has 0 saturated carbocycles. The molecule has 0 saturated heterocycles. The van der Waals surface area contributed by atoms with Gasteiger partial charge in [-0.3, -0.25) is 19.4 Å². The van der Waals surface area contributed by atoms with E-state index < -0.39 is 0 Å². The third kappa shape index (κ3) is 5.78. The molecule has 2 aromatic heterocycles. The first-order valence-corrected chi connectivity index (χ1v) is 18.4. The largest absolute Gasteiger partial charge is 0.288 e. The summed E-state index contributed by atoms with van der Waals surface area (Å²) >= 11 is 13.1. The van der Waals surface area contributed by atoms with Crippen LogP contribution in [0.2, 0.25) is 10.0 Å². The van der Waals surface area contributed by atoms with Crippen molar-refractivity contribution in [2.45, 2.75) is 79.1 Å². The molecule has 2 aliphatic rings. The Morgan fingerprint density at radius 3 is 1.29 bits per heavy atom. The van der Waals surface area contributed by atoms with Crippen LogP contribution < -0.4 is 9.80 Å². The highest BCUT2D eigenvalue weighted by Gasteiger charge is 2.42. The summed E-state index contributed by atoms with van der Waals surface area (Å²) < 4.78 is 0. The Kier molecular flexibility index (Phi) is 9.26. The summed E-state index contributed by atoms with van der Waals surface area (Å²) in [5.41, 5.74) is 8.13. The molecule has 0 amide bonds. The molecule has 0 spiro atoms. The van der Waals surface area contributed by atoms with Crippen LogP contribution in [-0.2, 0) is 0 Å². The molecule has 0 radical (unpaired) electrons. The Morgan fingerprint density at radius 1 is 0.577 bits per heavy atom. The Balaban J connectivity index is 1.64. The van der Waals surface area contributed by atoms with Crippen molar-refractivity contribution < 1.29 is 9.59 Å². The van der Waals surface area contributed by atoms with Gasteiger partial charge in [-0.15, -0.1) is 0 Å². The van der Waals surface area contributed by atoms with Crippen LogP contribution in [0.4, 0.5) is 23.0 Å². The Hall–Kier alpha value is -4.92. The van der Waals surface area contributed by atoms with Gasteiger partial charge in [-0.2, -0.15) is 10.2 Å². The first-order valence-electron chi connectivity index (χ1n) is 17.6. The van der Waals surface area contributed by atoms with Crippen molar-refractivity contribution in [3.05, 3.63) is 128 Å². The predicted octanol–water partition coefficient (Wildman–Crippen LogP) is 11.4. The number of carbonyl (C=O) groups is 2. The number of nitrogens with zero attached hydrogens (tertiary/aromatic N) is 6. The van der Waals surface area contributed by atoms with Gasteiger partial charge in [0.1, 0.15) is 5.82 Å². The van der Waals surface area contributed by atoms with E-state index >= 15 is 0 Å². The summed E-state index contributed by atoms with van der Waals surface area (Å²) in [4.78, 5) is 42.2. The summed E-state index contributed by atoms with van der Waals surface area (Å²) in [6, 6.07) is 16.3. The van der Waals surface area contributed by atoms with Gasteiger partial charge in [0, 0.05) is 0 Å². The SMILES string of the molecule is CC(C)c1cccc(C(C)C)c1N1C(=CC=C2C(=O)c3cnncc3C2=O)N(c2c(C(C)C)cccc2C(C)C)c2nc3cc(Cl)c(Cl)cc3nc21. The van der Waals surface area contributed by atoms with Gasteiger partial charge < -0.3 is 0 Å². The molecule has 3 heterocycles. The highest BCUT2D eigenvalue weighted by Crippen LogP contribution is 2.54. The standard InChI is InChI=1S/C42H40Cl2N6O2/c1-21(2)25-11-9-12-26(22(3)4)37(25)49-36(16-15-29-39(51)30-19-45-46-20-31(30)40(29)52)50(38-27(23(5)6)13-10-14-28(38)24(7)8)42-41(49)47-34-17-32(43)33(44)18-35(34)48-42/h9-24H,1-8H3. The minimum absolute atomic E-state index is 0.0419. The highest BCUT2D eigenvalue weighted by molar-refractivity contribution is 6.42. The first-order chi connectivity index (χ1) is 24.8. The van der Waals surface area contributed by atoms with E-state index in [0.717, 1.165) is 33.6 Å². The summed E-state index contributed by atoms with van der Waals surface area (Å²) in [5, 5.41) is 8.50. The second kappa shape index (κ2) is 13.6. The number of carbonyl (C=O) groups excluding carboxylic acids is 2. The molecule has 0 atom stereocenters. The number of rotatable bonds is 7. The van der Waals surface area contributed by atoms with Crippen LogP contribution in [0.15, 0.2) is 84.5 Å². The van der Waals surface area contributed by atoms with E-state index in [1.165, 1.54) is 12.4 Å². The number of allylic oxidation sites excluding steroid dienone is 3. The second-order valence-electron chi connectivity index (χ2n) is 14.6. The van der Waals surface area contributed by atoms with Gasteiger partial charge in [0.2, 0.25) is 0 Å². The molecule has 5 aromatic rings. The number of halogens is 2. The number of hydrogen-bond donors (Lipinski definition) is 0.